The van der Waals surface area contributed by atoms with E-state index in [1.807, 2.05) is 0 Å². The van der Waals surface area contributed by atoms with Gasteiger partial charge in [0.25, 0.3) is 0 Å². The summed E-state index contributed by atoms with van der Waals surface area (Å²) < 4.78 is 14.5. The van der Waals surface area contributed by atoms with Crippen LogP contribution < -0.4 is 0 Å². The Bertz CT molecular complexity index is 560. The van der Waals surface area contributed by atoms with Crippen LogP contribution in [0.15, 0.2) is 29.4 Å². The number of aliphatic carboxylic acids is 1. The van der Waals surface area contributed by atoms with E-state index in [0.29, 0.717) is 16.5 Å². The number of hydrogen-bond donors (Lipinski definition) is 1. The van der Waals surface area contributed by atoms with Crippen LogP contribution in [0.5, 0.6) is 0 Å². The third-order valence-electron chi connectivity index (χ3n) is 2.10. The molecule has 1 N–H and O–H groups in total. The van der Waals surface area contributed by atoms with E-state index in [-0.39, 0.29) is 12.4 Å². The van der Waals surface area contributed by atoms with Crippen LogP contribution >= 0.6 is 11.8 Å². The highest BCUT2D eigenvalue weighted by Crippen LogP contribution is 2.21. The van der Waals surface area contributed by atoms with Gasteiger partial charge in [0.15, 0.2) is 0 Å². The van der Waals surface area contributed by atoms with E-state index in [1.165, 1.54) is 17.8 Å². The molecule has 0 fully saturated rings. The fraction of sp³-hybridized carbons (Fsp3) is 0.200. The fourth-order valence-corrected chi connectivity index (χ4v) is 2.15. The molecule has 1 heterocycles. The van der Waals surface area contributed by atoms with Gasteiger partial charge in [-0.25, -0.2) is 9.07 Å². The normalized spacial score (nSPS) is 10.5. The van der Waals surface area contributed by atoms with Gasteiger partial charge in [-0.2, -0.15) is 0 Å². The standard InChI is InChI=1S/C10H9FN4O2S/c11-8-4-2-1-3-7(8)6-18-10-12-13-14-15(10)5-9(16)17/h1-4H,5-6H2,(H,16,17). The van der Waals surface area contributed by atoms with Gasteiger partial charge >= 0.3 is 5.97 Å². The van der Waals surface area contributed by atoms with Gasteiger partial charge in [0.2, 0.25) is 5.16 Å². The molecule has 0 unspecified atom stereocenters. The number of carboxylic acid groups (broad SMARTS) is 1. The number of benzene rings is 1. The molecule has 18 heavy (non-hydrogen) atoms. The molecule has 0 aliphatic heterocycles. The van der Waals surface area contributed by atoms with E-state index in [2.05, 4.69) is 15.5 Å². The van der Waals surface area contributed by atoms with E-state index in [0.717, 1.165) is 4.68 Å². The Labute approximate surface area is 106 Å². The molecule has 8 heteroatoms. The van der Waals surface area contributed by atoms with Crippen molar-refractivity contribution in [3.8, 4) is 0 Å². The fourth-order valence-electron chi connectivity index (χ4n) is 1.28. The van der Waals surface area contributed by atoms with Crippen LogP contribution in [-0.2, 0) is 17.1 Å². The number of tetrazole rings is 1. The molecule has 2 aromatic rings. The predicted molar refractivity (Wildman–Crippen MR) is 61.4 cm³/mol. The summed E-state index contributed by atoms with van der Waals surface area (Å²) in [6, 6.07) is 6.38. The Kier molecular flexibility index (Phi) is 3.88. The number of carboxylic acids is 1. The highest BCUT2D eigenvalue weighted by atomic mass is 32.2. The lowest BCUT2D eigenvalue weighted by atomic mass is 10.2. The summed E-state index contributed by atoms with van der Waals surface area (Å²) in [5.74, 6) is -0.996. The maximum absolute atomic E-state index is 13.4. The summed E-state index contributed by atoms with van der Waals surface area (Å²) in [6.07, 6.45) is 0. The van der Waals surface area contributed by atoms with Crippen molar-refractivity contribution in [1.82, 2.24) is 20.2 Å². The molecule has 1 aromatic heterocycles. The van der Waals surface area contributed by atoms with Crippen LogP contribution in [0.2, 0.25) is 0 Å². The first-order chi connectivity index (χ1) is 8.66. The van der Waals surface area contributed by atoms with E-state index in [4.69, 9.17) is 5.11 Å². The quantitative estimate of drug-likeness (QED) is 0.820. The maximum Gasteiger partial charge on any atom is 0.325 e. The zero-order chi connectivity index (χ0) is 13.0. The molecule has 0 saturated heterocycles. The molecule has 6 nitrogen and oxygen atoms in total. The minimum absolute atomic E-state index is 0.303. The lowest BCUT2D eigenvalue weighted by Crippen LogP contribution is -2.11. The third-order valence-corrected chi connectivity index (χ3v) is 3.10. The first-order valence-corrected chi connectivity index (χ1v) is 5.99. The molecule has 0 aliphatic rings. The van der Waals surface area contributed by atoms with Gasteiger partial charge in [0.05, 0.1) is 0 Å². The molecular formula is C10H9FN4O2S. The van der Waals surface area contributed by atoms with Crippen molar-refractivity contribution in [2.75, 3.05) is 0 Å². The smallest absolute Gasteiger partial charge is 0.325 e. The van der Waals surface area contributed by atoms with Gasteiger partial charge in [-0.1, -0.05) is 30.0 Å². The van der Waals surface area contributed by atoms with Gasteiger partial charge < -0.3 is 5.11 Å². The zero-order valence-corrected chi connectivity index (χ0v) is 9.97. The predicted octanol–water partition coefficient (Wildman–Crippen LogP) is 1.19. The number of nitrogens with zero attached hydrogens (tertiary/aromatic N) is 4. The molecule has 94 valence electrons. The lowest BCUT2D eigenvalue weighted by molar-refractivity contribution is -0.138. The molecule has 1 aromatic carbocycles. The molecule has 0 spiro atoms. The Hall–Kier alpha value is -1.96. The monoisotopic (exact) mass is 268 g/mol. The average Bonchev–Trinajstić information content (AvgIpc) is 2.75. The van der Waals surface area contributed by atoms with Gasteiger partial charge in [0, 0.05) is 5.75 Å². The Balaban J connectivity index is 2.05. The van der Waals surface area contributed by atoms with E-state index < -0.39 is 5.97 Å². The highest BCUT2D eigenvalue weighted by Gasteiger charge is 2.11. The van der Waals surface area contributed by atoms with Crippen molar-refractivity contribution in [1.29, 1.82) is 0 Å². The van der Waals surface area contributed by atoms with Gasteiger partial charge in [0.1, 0.15) is 12.4 Å². The molecule has 0 radical (unpaired) electrons. The van der Waals surface area contributed by atoms with Crippen molar-refractivity contribution in [2.45, 2.75) is 17.5 Å². The Morgan fingerprint density at radius 3 is 2.94 bits per heavy atom. The largest absolute Gasteiger partial charge is 0.480 e. The maximum atomic E-state index is 13.4. The van der Waals surface area contributed by atoms with Gasteiger partial charge in [-0.15, -0.1) is 5.10 Å². The average molecular weight is 268 g/mol. The number of hydrogen-bond acceptors (Lipinski definition) is 5. The van der Waals surface area contributed by atoms with Gasteiger partial charge in [-0.05, 0) is 22.1 Å². The molecule has 0 aliphatic carbocycles. The summed E-state index contributed by atoms with van der Waals surface area (Å²) in [5, 5.41) is 19.6. The summed E-state index contributed by atoms with van der Waals surface area (Å²) in [4.78, 5) is 10.6. The summed E-state index contributed by atoms with van der Waals surface area (Å²) in [7, 11) is 0. The second-order valence-electron chi connectivity index (χ2n) is 3.39. The molecule has 0 saturated carbocycles. The summed E-state index contributed by atoms with van der Waals surface area (Å²) in [5.41, 5.74) is 0.521. The number of aromatic nitrogens is 4. The minimum atomic E-state index is -1.03. The van der Waals surface area contributed by atoms with Crippen LogP contribution in [0.3, 0.4) is 0 Å². The second kappa shape index (κ2) is 5.58. The number of halogens is 1. The van der Waals surface area contributed by atoms with Crippen molar-refractivity contribution in [2.24, 2.45) is 0 Å². The van der Waals surface area contributed by atoms with Crippen LogP contribution in [0.25, 0.3) is 0 Å². The molecule has 0 bridgehead atoms. The minimum Gasteiger partial charge on any atom is -0.480 e. The molecular weight excluding hydrogens is 259 g/mol. The van der Waals surface area contributed by atoms with Crippen molar-refractivity contribution >= 4 is 17.7 Å². The van der Waals surface area contributed by atoms with Crippen LogP contribution in [0.1, 0.15) is 5.56 Å². The zero-order valence-electron chi connectivity index (χ0n) is 9.15. The van der Waals surface area contributed by atoms with Gasteiger partial charge in [-0.3, -0.25) is 4.79 Å². The first kappa shape index (κ1) is 12.5. The highest BCUT2D eigenvalue weighted by molar-refractivity contribution is 7.98. The summed E-state index contributed by atoms with van der Waals surface area (Å²) in [6.45, 7) is -0.313. The van der Waals surface area contributed by atoms with E-state index in [9.17, 15) is 9.18 Å². The summed E-state index contributed by atoms with van der Waals surface area (Å²) >= 11 is 1.19. The third kappa shape index (κ3) is 3.04. The molecule has 2 rings (SSSR count). The van der Waals surface area contributed by atoms with Crippen LogP contribution in [0.4, 0.5) is 4.39 Å². The van der Waals surface area contributed by atoms with Crippen LogP contribution in [-0.4, -0.2) is 31.3 Å². The Morgan fingerprint density at radius 2 is 2.22 bits per heavy atom. The number of thioether (sulfide) groups is 1. The molecule has 0 amide bonds. The van der Waals surface area contributed by atoms with E-state index in [1.54, 1.807) is 18.2 Å². The van der Waals surface area contributed by atoms with Crippen molar-refractivity contribution in [3.63, 3.8) is 0 Å². The van der Waals surface area contributed by atoms with Crippen molar-refractivity contribution < 1.29 is 14.3 Å². The second-order valence-corrected chi connectivity index (χ2v) is 4.34. The van der Waals surface area contributed by atoms with E-state index >= 15 is 0 Å². The van der Waals surface area contributed by atoms with Crippen molar-refractivity contribution in [3.05, 3.63) is 35.6 Å². The van der Waals surface area contributed by atoms with Crippen LogP contribution in [0, 0.1) is 5.82 Å². The Morgan fingerprint density at radius 1 is 1.44 bits per heavy atom. The molecule has 0 atom stereocenters. The number of rotatable bonds is 5. The first-order valence-electron chi connectivity index (χ1n) is 5.01. The topological polar surface area (TPSA) is 80.9 Å². The SMILES string of the molecule is O=C(O)Cn1nnnc1SCc1ccccc1F. The number of carbonyl (C=O) groups is 1. The lowest BCUT2D eigenvalue weighted by Gasteiger charge is -2.02.